The number of carboxylic acid groups (broad SMARTS) is 1. The maximum Gasteiger partial charge on any atom is 0.303 e. The predicted molar refractivity (Wildman–Crippen MR) is 102 cm³/mol. The number of aryl methyl sites for hydroxylation is 1. The summed E-state index contributed by atoms with van der Waals surface area (Å²) in [5, 5.41) is 8.72. The highest BCUT2D eigenvalue weighted by Crippen LogP contribution is 2.16. The van der Waals surface area contributed by atoms with Crippen LogP contribution >= 0.6 is 0 Å². The average Bonchev–Trinajstić information content (AvgIpc) is 2.67. The van der Waals surface area contributed by atoms with E-state index in [-0.39, 0.29) is 6.42 Å². The summed E-state index contributed by atoms with van der Waals surface area (Å²) in [4.78, 5) is 10.6. The zero-order valence-corrected chi connectivity index (χ0v) is 14.6. The summed E-state index contributed by atoms with van der Waals surface area (Å²) in [5.41, 5.74) is 4.71. The summed E-state index contributed by atoms with van der Waals surface area (Å²) in [6.45, 7) is 0.514. The van der Waals surface area contributed by atoms with Gasteiger partial charge in [0.25, 0.3) is 0 Å². The van der Waals surface area contributed by atoms with Crippen LogP contribution in [0.5, 0.6) is 5.75 Å². The number of hydrogen-bond acceptors (Lipinski definition) is 2. The van der Waals surface area contributed by atoms with Gasteiger partial charge in [0.1, 0.15) is 12.4 Å². The van der Waals surface area contributed by atoms with Crippen molar-refractivity contribution in [2.75, 3.05) is 0 Å². The van der Waals surface area contributed by atoms with Gasteiger partial charge in [0.2, 0.25) is 0 Å². The lowest BCUT2D eigenvalue weighted by Gasteiger charge is -2.08. The topological polar surface area (TPSA) is 46.5 Å². The van der Waals surface area contributed by atoms with Crippen LogP contribution in [0.4, 0.5) is 0 Å². The minimum absolute atomic E-state index is 0.148. The SMILES string of the molecule is O=C(O)CCc1ccc(OCc2ccc(Cc3ccccc3)cc2)cc1. The van der Waals surface area contributed by atoms with Crippen molar-refractivity contribution in [2.45, 2.75) is 25.9 Å². The second-order valence-electron chi connectivity index (χ2n) is 6.31. The molecule has 0 fully saturated rings. The molecule has 0 radical (unpaired) electrons. The molecule has 0 heterocycles. The van der Waals surface area contributed by atoms with E-state index in [1.807, 2.05) is 30.3 Å². The summed E-state index contributed by atoms with van der Waals surface area (Å²) >= 11 is 0. The maximum absolute atomic E-state index is 10.6. The Balaban J connectivity index is 1.50. The van der Waals surface area contributed by atoms with Crippen LogP contribution < -0.4 is 4.74 Å². The summed E-state index contributed by atoms with van der Waals surface area (Å²) in [7, 11) is 0. The molecule has 0 atom stereocenters. The van der Waals surface area contributed by atoms with Gasteiger partial charge in [-0.25, -0.2) is 0 Å². The molecular weight excluding hydrogens is 324 g/mol. The number of rotatable bonds is 8. The molecule has 132 valence electrons. The van der Waals surface area contributed by atoms with Crippen molar-refractivity contribution in [3.8, 4) is 5.75 Å². The van der Waals surface area contributed by atoms with Gasteiger partial charge in [-0.15, -0.1) is 0 Å². The summed E-state index contributed by atoms with van der Waals surface area (Å²) < 4.78 is 5.81. The first kappa shape index (κ1) is 17.7. The Morgan fingerprint density at radius 2 is 1.31 bits per heavy atom. The molecule has 1 N–H and O–H groups in total. The van der Waals surface area contributed by atoms with Crippen LogP contribution in [0, 0.1) is 0 Å². The van der Waals surface area contributed by atoms with Crippen molar-refractivity contribution in [1.82, 2.24) is 0 Å². The second-order valence-corrected chi connectivity index (χ2v) is 6.31. The van der Waals surface area contributed by atoms with Gasteiger partial charge in [-0.05, 0) is 47.2 Å². The Morgan fingerprint density at radius 3 is 1.96 bits per heavy atom. The van der Waals surface area contributed by atoms with Crippen LogP contribution in [-0.2, 0) is 24.2 Å². The molecule has 0 aliphatic heterocycles. The fraction of sp³-hybridized carbons (Fsp3) is 0.174. The molecule has 0 aliphatic rings. The number of ether oxygens (including phenoxy) is 1. The highest BCUT2D eigenvalue weighted by atomic mass is 16.5. The van der Waals surface area contributed by atoms with Crippen LogP contribution in [0.25, 0.3) is 0 Å². The van der Waals surface area contributed by atoms with Gasteiger partial charge in [0, 0.05) is 6.42 Å². The molecule has 0 saturated heterocycles. The van der Waals surface area contributed by atoms with E-state index in [2.05, 4.69) is 48.5 Å². The molecule has 0 saturated carbocycles. The van der Waals surface area contributed by atoms with E-state index in [1.165, 1.54) is 11.1 Å². The first-order valence-electron chi connectivity index (χ1n) is 8.74. The fourth-order valence-corrected chi connectivity index (χ4v) is 2.76. The molecule has 0 amide bonds. The van der Waals surface area contributed by atoms with Gasteiger partial charge in [-0.3, -0.25) is 4.79 Å². The highest BCUT2D eigenvalue weighted by molar-refractivity contribution is 5.67. The fourth-order valence-electron chi connectivity index (χ4n) is 2.76. The maximum atomic E-state index is 10.6. The highest BCUT2D eigenvalue weighted by Gasteiger charge is 2.01. The third-order valence-electron chi connectivity index (χ3n) is 4.23. The van der Waals surface area contributed by atoms with Crippen molar-refractivity contribution in [1.29, 1.82) is 0 Å². The summed E-state index contributed by atoms with van der Waals surface area (Å²) in [5.74, 6) is 0.0125. The van der Waals surface area contributed by atoms with Crippen LogP contribution in [0.3, 0.4) is 0 Å². The van der Waals surface area contributed by atoms with E-state index in [4.69, 9.17) is 9.84 Å². The van der Waals surface area contributed by atoms with Crippen LogP contribution in [0.2, 0.25) is 0 Å². The van der Waals surface area contributed by atoms with E-state index in [0.29, 0.717) is 13.0 Å². The molecular formula is C23H22O3. The molecule has 3 nitrogen and oxygen atoms in total. The molecule has 0 bridgehead atoms. The molecule has 3 aromatic carbocycles. The number of hydrogen-bond donors (Lipinski definition) is 1. The van der Waals surface area contributed by atoms with Gasteiger partial charge >= 0.3 is 5.97 Å². The van der Waals surface area contributed by atoms with Crippen LogP contribution in [0.15, 0.2) is 78.9 Å². The van der Waals surface area contributed by atoms with Crippen molar-refractivity contribution in [2.24, 2.45) is 0 Å². The molecule has 3 aromatic rings. The van der Waals surface area contributed by atoms with E-state index < -0.39 is 5.97 Å². The Hall–Kier alpha value is -3.07. The largest absolute Gasteiger partial charge is 0.489 e. The van der Waals surface area contributed by atoms with E-state index >= 15 is 0 Å². The van der Waals surface area contributed by atoms with Crippen molar-refractivity contribution in [3.05, 3.63) is 101 Å². The Labute approximate surface area is 153 Å². The standard InChI is InChI=1S/C23H22O3/c24-23(25)15-12-18-10-13-22(14-11-18)26-17-21-8-6-20(7-9-21)16-19-4-2-1-3-5-19/h1-11,13-14H,12,15-17H2,(H,24,25). The first-order valence-corrected chi connectivity index (χ1v) is 8.74. The Morgan fingerprint density at radius 1 is 0.731 bits per heavy atom. The van der Waals surface area contributed by atoms with E-state index in [0.717, 1.165) is 23.3 Å². The Bertz CT molecular complexity index is 822. The molecule has 3 rings (SSSR count). The lowest BCUT2D eigenvalue weighted by Crippen LogP contribution is -1.98. The molecule has 0 unspecified atom stereocenters. The first-order chi connectivity index (χ1) is 12.7. The zero-order chi connectivity index (χ0) is 18.2. The van der Waals surface area contributed by atoms with Gasteiger partial charge in [-0.2, -0.15) is 0 Å². The third kappa shape index (κ3) is 5.49. The van der Waals surface area contributed by atoms with Crippen molar-refractivity contribution < 1.29 is 14.6 Å². The van der Waals surface area contributed by atoms with Crippen molar-refractivity contribution >= 4 is 5.97 Å². The minimum Gasteiger partial charge on any atom is -0.489 e. The van der Waals surface area contributed by atoms with E-state index in [9.17, 15) is 4.79 Å². The molecule has 0 aromatic heterocycles. The van der Waals surface area contributed by atoms with Gasteiger partial charge < -0.3 is 9.84 Å². The summed E-state index contributed by atoms with van der Waals surface area (Å²) in [6.07, 6.45) is 1.62. The smallest absolute Gasteiger partial charge is 0.303 e. The van der Waals surface area contributed by atoms with Gasteiger partial charge in [0.15, 0.2) is 0 Å². The normalized spacial score (nSPS) is 10.5. The second kappa shape index (κ2) is 8.86. The van der Waals surface area contributed by atoms with Crippen molar-refractivity contribution in [3.63, 3.8) is 0 Å². The Kier molecular flexibility index (Phi) is 6.05. The summed E-state index contributed by atoms with van der Waals surface area (Å²) in [6, 6.07) is 26.5. The average molecular weight is 346 g/mol. The predicted octanol–water partition coefficient (Wildman–Crippen LogP) is 4.87. The molecule has 3 heteroatoms. The number of benzene rings is 3. The van der Waals surface area contributed by atoms with E-state index in [1.54, 1.807) is 0 Å². The molecule has 0 aliphatic carbocycles. The quantitative estimate of drug-likeness (QED) is 0.633. The zero-order valence-electron chi connectivity index (χ0n) is 14.6. The molecule has 0 spiro atoms. The van der Waals surface area contributed by atoms with Gasteiger partial charge in [-0.1, -0.05) is 66.7 Å². The third-order valence-corrected chi connectivity index (χ3v) is 4.23. The number of aliphatic carboxylic acids is 1. The van der Waals surface area contributed by atoms with Gasteiger partial charge in [0.05, 0.1) is 0 Å². The monoisotopic (exact) mass is 346 g/mol. The van der Waals surface area contributed by atoms with Crippen LogP contribution in [-0.4, -0.2) is 11.1 Å². The number of carbonyl (C=O) groups is 1. The lowest BCUT2D eigenvalue weighted by molar-refractivity contribution is -0.136. The lowest BCUT2D eigenvalue weighted by atomic mass is 10.0. The number of carboxylic acids is 1. The van der Waals surface area contributed by atoms with Crippen LogP contribution in [0.1, 0.15) is 28.7 Å². The molecule has 26 heavy (non-hydrogen) atoms. The minimum atomic E-state index is -0.777.